The molecule has 0 amide bonds. The molecule has 1 saturated carbocycles. The second kappa shape index (κ2) is 10.8. The van der Waals surface area contributed by atoms with Gasteiger partial charge in [0.25, 0.3) is 0 Å². The molecular formula is C26H37N5O. The van der Waals surface area contributed by atoms with Crippen LogP contribution in [-0.2, 0) is 12.0 Å². The molecule has 1 aromatic heterocycles. The lowest BCUT2D eigenvalue weighted by molar-refractivity contribution is 0.196. The molecule has 0 spiro atoms. The topological polar surface area (TPSA) is 61.8 Å². The van der Waals surface area contributed by atoms with E-state index >= 15 is 0 Å². The first kappa shape index (κ1) is 22.6. The van der Waals surface area contributed by atoms with Crippen molar-refractivity contribution in [2.24, 2.45) is 4.99 Å². The predicted molar refractivity (Wildman–Crippen MR) is 130 cm³/mol. The molecule has 32 heavy (non-hydrogen) atoms. The highest BCUT2D eigenvalue weighted by atomic mass is 16.5. The van der Waals surface area contributed by atoms with Crippen LogP contribution in [0.4, 0.5) is 0 Å². The Bertz CT molecular complexity index is 871. The van der Waals surface area contributed by atoms with E-state index in [1.54, 1.807) is 7.11 Å². The molecule has 2 fully saturated rings. The van der Waals surface area contributed by atoms with Crippen LogP contribution in [0.3, 0.4) is 0 Å². The van der Waals surface area contributed by atoms with Crippen molar-refractivity contribution in [3.63, 3.8) is 0 Å². The van der Waals surface area contributed by atoms with Crippen LogP contribution in [-0.4, -0.2) is 55.7 Å². The summed E-state index contributed by atoms with van der Waals surface area (Å²) >= 11 is 0. The third kappa shape index (κ3) is 5.60. The Labute approximate surface area is 192 Å². The van der Waals surface area contributed by atoms with Gasteiger partial charge >= 0.3 is 0 Å². The molecule has 172 valence electrons. The Morgan fingerprint density at radius 2 is 1.97 bits per heavy atom. The van der Waals surface area contributed by atoms with Gasteiger partial charge in [-0.25, -0.2) is 0 Å². The van der Waals surface area contributed by atoms with Crippen LogP contribution in [0.2, 0.25) is 0 Å². The average Bonchev–Trinajstić information content (AvgIpc) is 3.34. The summed E-state index contributed by atoms with van der Waals surface area (Å²) in [6, 6.07) is 15.2. The van der Waals surface area contributed by atoms with Crippen molar-refractivity contribution in [1.82, 2.24) is 20.5 Å². The molecule has 2 heterocycles. The molecule has 2 aromatic rings. The standard InChI is InChI=1S/C26H37N5O/c1-27-25(30-22-11-16-31(17-12-22)19-23-9-3-6-15-28-23)29-20-26(13-4-5-14-26)21-8-7-10-24(18-21)32-2/h3,6-10,15,18,22H,4-5,11-14,16-17,19-20H2,1-2H3,(H2,27,29,30). The van der Waals surface area contributed by atoms with E-state index in [-0.39, 0.29) is 5.41 Å². The van der Waals surface area contributed by atoms with Crippen molar-refractivity contribution in [3.05, 3.63) is 59.9 Å². The predicted octanol–water partition coefficient (Wildman–Crippen LogP) is 3.73. The first-order valence-corrected chi connectivity index (χ1v) is 11.9. The molecule has 1 aliphatic heterocycles. The molecule has 0 unspecified atom stereocenters. The van der Waals surface area contributed by atoms with E-state index in [0.29, 0.717) is 6.04 Å². The van der Waals surface area contributed by atoms with Gasteiger partial charge in [0.15, 0.2) is 5.96 Å². The van der Waals surface area contributed by atoms with E-state index in [9.17, 15) is 0 Å². The number of aromatic nitrogens is 1. The number of nitrogens with one attached hydrogen (secondary N) is 2. The Hall–Kier alpha value is -2.60. The number of rotatable bonds is 7. The van der Waals surface area contributed by atoms with Crippen molar-refractivity contribution in [2.45, 2.75) is 56.5 Å². The van der Waals surface area contributed by atoms with E-state index in [1.807, 2.05) is 25.4 Å². The summed E-state index contributed by atoms with van der Waals surface area (Å²) in [7, 11) is 3.62. The third-order valence-electron chi connectivity index (χ3n) is 7.10. The van der Waals surface area contributed by atoms with Gasteiger partial charge in [0.2, 0.25) is 0 Å². The lowest BCUT2D eigenvalue weighted by Crippen LogP contribution is -2.50. The van der Waals surface area contributed by atoms with Crippen molar-refractivity contribution in [1.29, 1.82) is 0 Å². The number of hydrogen-bond donors (Lipinski definition) is 2. The van der Waals surface area contributed by atoms with Crippen LogP contribution in [0.25, 0.3) is 0 Å². The van der Waals surface area contributed by atoms with Crippen LogP contribution in [0, 0.1) is 0 Å². The molecule has 1 saturated heterocycles. The normalized spacial score (nSPS) is 19.6. The molecule has 2 N–H and O–H groups in total. The maximum Gasteiger partial charge on any atom is 0.191 e. The summed E-state index contributed by atoms with van der Waals surface area (Å²) in [6.07, 6.45) is 9.08. The number of methoxy groups -OCH3 is 1. The maximum absolute atomic E-state index is 5.49. The summed E-state index contributed by atoms with van der Waals surface area (Å²) in [6.45, 7) is 4.00. The lowest BCUT2D eigenvalue weighted by atomic mass is 9.78. The fraction of sp³-hybridized carbons (Fsp3) is 0.538. The van der Waals surface area contributed by atoms with Crippen molar-refractivity contribution >= 4 is 5.96 Å². The molecular weight excluding hydrogens is 398 g/mol. The lowest BCUT2D eigenvalue weighted by Gasteiger charge is -2.34. The second-order valence-electron chi connectivity index (χ2n) is 9.16. The third-order valence-corrected chi connectivity index (χ3v) is 7.10. The van der Waals surface area contributed by atoms with Crippen LogP contribution in [0.5, 0.6) is 5.75 Å². The molecule has 1 aromatic carbocycles. The molecule has 0 bridgehead atoms. The van der Waals surface area contributed by atoms with Gasteiger partial charge < -0.3 is 15.4 Å². The molecule has 0 atom stereocenters. The van der Waals surface area contributed by atoms with Crippen LogP contribution in [0.1, 0.15) is 49.8 Å². The van der Waals surface area contributed by atoms with E-state index in [2.05, 4.69) is 55.8 Å². The second-order valence-corrected chi connectivity index (χ2v) is 9.16. The minimum atomic E-state index is 0.151. The first-order chi connectivity index (χ1) is 15.7. The minimum absolute atomic E-state index is 0.151. The van der Waals surface area contributed by atoms with Gasteiger partial charge in [-0.3, -0.25) is 14.9 Å². The van der Waals surface area contributed by atoms with Crippen LogP contribution < -0.4 is 15.4 Å². The molecule has 6 nitrogen and oxygen atoms in total. The summed E-state index contributed by atoms with van der Waals surface area (Å²) in [5.74, 6) is 1.86. The highest BCUT2D eigenvalue weighted by Gasteiger charge is 2.36. The number of nitrogens with zero attached hydrogens (tertiary/aromatic N) is 3. The number of likely N-dealkylation sites (tertiary alicyclic amines) is 1. The summed E-state index contributed by atoms with van der Waals surface area (Å²) < 4.78 is 5.49. The number of piperidine rings is 1. The van der Waals surface area contributed by atoms with E-state index in [1.165, 1.54) is 31.2 Å². The van der Waals surface area contributed by atoms with Crippen LogP contribution >= 0.6 is 0 Å². The minimum Gasteiger partial charge on any atom is -0.497 e. The number of ether oxygens (including phenoxy) is 1. The van der Waals surface area contributed by atoms with Crippen molar-refractivity contribution in [3.8, 4) is 5.75 Å². The fourth-order valence-electron chi connectivity index (χ4n) is 5.17. The van der Waals surface area contributed by atoms with Gasteiger partial charge in [-0.05, 0) is 55.5 Å². The Morgan fingerprint density at radius 3 is 2.66 bits per heavy atom. The molecule has 0 radical (unpaired) electrons. The quantitative estimate of drug-likeness (QED) is 0.513. The summed E-state index contributed by atoms with van der Waals surface area (Å²) in [5, 5.41) is 7.34. The van der Waals surface area contributed by atoms with Gasteiger partial charge in [-0.2, -0.15) is 0 Å². The highest BCUT2D eigenvalue weighted by Crippen LogP contribution is 2.41. The number of guanidine groups is 1. The van der Waals surface area contributed by atoms with E-state index in [4.69, 9.17) is 4.74 Å². The van der Waals surface area contributed by atoms with Crippen molar-refractivity contribution < 1.29 is 4.74 Å². The Kier molecular flexibility index (Phi) is 7.63. The largest absolute Gasteiger partial charge is 0.497 e. The van der Waals surface area contributed by atoms with Gasteiger partial charge in [-0.15, -0.1) is 0 Å². The smallest absolute Gasteiger partial charge is 0.191 e. The van der Waals surface area contributed by atoms with Gasteiger partial charge in [-0.1, -0.05) is 31.0 Å². The monoisotopic (exact) mass is 435 g/mol. The SMILES string of the molecule is CN=C(NCC1(c2cccc(OC)c2)CCCC1)NC1CCN(Cc2ccccn2)CC1. The number of aliphatic imine (C=N–C) groups is 1. The number of benzene rings is 1. The average molecular weight is 436 g/mol. The summed E-state index contributed by atoms with van der Waals surface area (Å²) in [4.78, 5) is 11.5. The number of hydrogen-bond acceptors (Lipinski definition) is 4. The first-order valence-electron chi connectivity index (χ1n) is 11.9. The van der Waals surface area contributed by atoms with E-state index in [0.717, 1.165) is 56.4 Å². The molecule has 2 aliphatic rings. The highest BCUT2D eigenvalue weighted by molar-refractivity contribution is 5.80. The maximum atomic E-state index is 5.49. The fourth-order valence-corrected chi connectivity index (χ4v) is 5.17. The molecule has 6 heteroatoms. The van der Waals surface area contributed by atoms with Crippen LogP contribution in [0.15, 0.2) is 53.7 Å². The van der Waals surface area contributed by atoms with E-state index < -0.39 is 0 Å². The Morgan fingerprint density at radius 1 is 1.16 bits per heavy atom. The molecule has 1 aliphatic carbocycles. The van der Waals surface area contributed by atoms with Gasteiger partial charge in [0, 0.05) is 50.9 Å². The number of pyridine rings is 1. The van der Waals surface area contributed by atoms with Gasteiger partial charge in [0.05, 0.1) is 12.8 Å². The summed E-state index contributed by atoms with van der Waals surface area (Å²) in [5.41, 5.74) is 2.68. The zero-order valence-electron chi connectivity index (χ0n) is 19.5. The zero-order chi connectivity index (χ0) is 22.2. The molecule has 4 rings (SSSR count). The zero-order valence-corrected chi connectivity index (χ0v) is 19.5. The van der Waals surface area contributed by atoms with Crippen molar-refractivity contribution in [2.75, 3.05) is 33.8 Å². The van der Waals surface area contributed by atoms with Gasteiger partial charge in [0.1, 0.15) is 5.75 Å². The Balaban J connectivity index is 1.30.